The number of para-hydroxylation sites is 1. The van der Waals surface area contributed by atoms with Crippen molar-refractivity contribution in [1.82, 2.24) is 10.2 Å². The Bertz CT molecular complexity index is 651. The highest BCUT2D eigenvalue weighted by Crippen LogP contribution is 2.35. The number of hydrogen-bond donors (Lipinski definition) is 2. The van der Waals surface area contributed by atoms with E-state index in [1.54, 1.807) is 0 Å². The van der Waals surface area contributed by atoms with E-state index >= 15 is 0 Å². The van der Waals surface area contributed by atoms with Crippen LogP contribution < -0.4 is 10.1 Å². The number of urea groups is 1. The Kier molecular flexibility index (Phi) is 6.33. The molecule has 1 aromatic rings. The van der Waals surface area contributed by atoms with Gasteiger partial charge >= 0.3 is 18.2 Å². The second kappa shape index (κ2) is 8.29. The zero-order valence-electron chi connectivity index (χ0n) is 14.3. The van der Waals surface area contributed by atoms with Gasteiger partial charge in [0.2, 0.25) is 0 Å². The van der Waals surface area contributed by atoms with Gasteiger partial charge in [0, 0.05) is 13.1 Å². The van der Waals surface area contributed by atoms with Gasteiger partial charge in [-0.2, -0.15) is 13.2 Å². The normalized spacial score (nSPS) is 20.5. The van der Waals surface area contributed by atoms with Crippen molar-refractivity contribution in [3.63, 3.8) is 0 Å². The van der Waals surface area contributed by atoms with E-state index in [1.807, 2.05) is 6.92 Å². The third kappa shape index (κ3) is 5.27. The molecule has 9 heteroatoms. The Hall–Kier alpha value is -2.45. The predicted molar refractivity (Wildman–Crippen MR) is 86.8 cm³/mol. The van der Waals surface area contributed by atoms with Crippen LogP contribution in [-0.4, -0.2) is 48.2 Å². The first-order valence-corrected chi connectivity index (χ1v) is 8.23. The molecule has 2 N–H and O–H groups in total. The van der Waals surface area contributed by atoms with Gasteiger partial charge in [-0.25, -0.2) is 4.79 Å². The number of alkyl halides is 3. The molecule has 0 spiro atoms. The number of aliphatic carboxylic acids is 1. The highest BCUT2D eigenvalue weighted by Gasteiger charge is 2.34. The van der Waals surface area contributed by atoms with Crippen LogP contribution in [0.4, 0.5) is 18.0 Å². The van der Waals surface area contributed by atoms with Crippen molar-refractivity contribution >= 4 is 12.0 Å². The van der Waals surface area contributed by atoms with E-state index in [4.69, 9.17) is 9.84 Å². The molecule has 1 heterocycles. The van der Waals surface area contributed by atoms with Crippen molar-refractivity contribution in [3.8, 4) is 5.75 Å². The Morgan fingerprint density at radius 2 is 2.00 bits per heavy atom. The summed E-state index contributed by atoms with van der Waals surface area (Å²) in [5, 5.41) is 11.7. The van der Waals surface area contributed by atoms with Gasteiger partial charge in [0.25, 0.3) is 0 Å². The summed E-state index contributed by atoms with van der Waals surface area (Å²) in [6.07, 6.45) is -4.01. The number of amides is 2. The molecule has 0 saturated carbocycles. The van der Waals surface area contributed by atoms with Crippen molar-refractivity contribution in [1.29, 1.82) is 0 Å². The zero-order chi connectivity index (χ0) is 19.3. The minimum absolute atomic E-state index is 0.00758. The second-order valence-corrected chi connectivity index (χ2v) is 6.36. The Morgan fingerprint density at radius 1 is 1.31 bits per heavy atom. The van der Waals surface area contributed by atoms with E-state index < -0.39 is 29.7 Å². The SMILES string of the molecule is CC1CC(C(=O)O)CN(C(=O)NCCOc2ccccc2C(F)(F)F)C1. The summed E-state index contributed by atoms with van der Waals surface area (Å²) in [6, 6.07) is 4.40. The number of ether oxygens (including phenoxy) is 1. The lowest BCUT2D eigenvalue weighted by Gasteiger charge is -2.34. The molecule has 0 aromatic heterocycles. The fourth-order valence-electron chi connectivity index (χ4n) is 2.95. The van der Waals surface area contributed by atoms with Crippen LogP contribution in [0.25, 0.3) is 0 Å². The van der Waals surface area contributed by atoms with Crippen LogP contribution in [0, 0.1) is 11.8 Å². The van der Waals surface area contributed by atoms with E-state index in [0.29, 0.717) is 13.0 Å². The Morgan fingerprint density at radius 3 is 2.65 bits per heavy atom. The lowest BCUT2D eigenvalue weighted by molar-refractivity contribution is -0.144. The van der Waals surface area contributed by atoms with Crippen LogP contribution in [0.2, 0.25) is 0 Å². The number of carbonyl (C=O) groups excluding carboxylic acids is 1. The monoisotopic (exact) mass is 374 g/mol. The van der Waals surface area contributed by atoms with Crippen LogP contribution in [0.15, 0.2) is 24.3 Å². The van der Waals surface area contributed by atoms with Gasteiger partial charge in [-0.1, -0.05) is 19.1 Å². The molecule has 1 aliphatic heterocycles. The molecule has 1 aromatic carbocycles. The summed E-state index contributed by atoms with van der Waals surface area (Å²) in [6.45, 7) is 2.29. The molecule has 144 valence electrons. The lowest BCUT2D eigenvalue weighted by Crippen LogP contribution is -2.50. The number of nitrogens with zero attached hydrogens (tertiary/aromatic N) is 1. The molecule has 1 aliphatic rings. The van der Waals surface area contributed by atoms with E-state index in [-0.39, 0.29) is 31.4 Å². The van der Waals surface area contributed by atoms with Crippen LogP contribution in [-0.2, 0) is 11.0 Å². The summed E-state index contributed by atoms with van der Waals surface area (Å²) in [4.78, 5) is 24.7. The molecule has 0 radical (unpaired) electrons. The molecule has 2 amide bonds. The van der Waals surface area contributed by atoms with Crippen LogP contribution >= 0.6 is 0 Å². The first-order valence-electron chi connectivity index (χ1n) is 8.23. The standard InChI is InChI=1S/C17H21F3N2O4/c1-11-8-12(15(23)24)10-22(9-11)16(25)21-6-7-26-14-5-3-2-4-13(14)17(18,19)20/h2-5,11-12H,6-10H2,1H3,(H,21,25)(H,23,24). The van der Waals surface area contributed by atoms with Gasteiger partial charge in [-0.3, -0.25) is 4.79 Å². The van der Waals surface area contributed by atoms with Gasteiger partial charge in [-0.05, 0) is 24.5 Å². The molecule has 2 unspecified atom stereocenters. The predicted octanol–water partition coefficient (Wildman–Crippen LogP) is 2.84. The first-order chi connectivity index (χ1) is 12.2. The van der Waals surface area contributed by atoms with Crippen molar-refractivity contribution < 1.29 is 32.6 Å². The molecular weight excluding hydrogens is 353 g/mol. The molecule has 2 atom stereocenters. The average molecular weight is 374 g/mol. The maximum absolute atomic E-state index is 12.9. The van der Waals surface area contributed by atoms with Crippen molar-refractivity contribution in [2.45, 2.75) is 19.5 Å². The van der Waals surface area contributed by atoms with E-state index in [9.17, 15) is 22.8 Å². The number of rotatable bonds is 5. The second-order valence-electron chi connectivity index (χ2n) is 6.36. The molecule has 0 aliphatic carbocycles. The zero-order valence-corrected chi connectivity index (χ0v) is 14.3. The first kappa shape index (κ1) is 19.9. The molecule has 6 nitrogen and oxygen atoms in total. The topological polar surface area (TPSA) is 78.9 Å². The third-order valence-electron chi connectivity index (χ3n) is 4.12. The molecular formula is C17H21F3N2O4. The summed E-state index contributed by atoms with van der Waals surface area (Å²) >= 11 is 0. The van der Waals surface area contributed by atoms with Crippen LogP contribution in [0.1, 0.15) is 18.9 Å². The lowest BCUT2D eigenvalue weighted by atomic mass is 9.91. The average Bonchev–Trinajstić information content (AvgIpc) is 2.57. The number of piperidine rings is 1. The number of likely N-dealkylation sites (tertiary alicyclic amines) is 1. The third-order valence-corrected chi connectivity index (χ3v) is 4.12. The van der Waals surface area contributed by atoms with E-state index in [1.165, 1.54) is 23.1 Å². The number of halogens is 3. The summed E-state index contributed by atoms with van der Waals surface area (Å²) in [7, 11) is 0. The molecule has 0 bridgehead atoms. The number of nitrogens with one attached hydrogen (secondary N) is 1. The highest BCUT2D eigenvalue weighted by molar-refractivity contribution is 5.76. The summed E-state index contributed by atoms with van der Waals surface area (Å²) in [5.41, 5.74) is -0.875. The molecule has 2 rings (SSSR count). The quantitative estimate of drug-likeness (QED) is 0.777. The van der Waals surface area contributed by atoms with Gasteiger partial charge in [0.15, 0.2) is 0 Å². The largest absolute Gasteiger partial charge is 0.491 e. The Balaban J connectivity index is 1.83. The smallest absolute Gasteiger partial charge is 0.419 e. The minimum Gasteiger partial charge on any atom is -0.491 e. The number of carboxylic acid groups (broad SMARTS) is 1. The molecule has 1 saturated heterocycles. The molecule has 1 fully saturated rings. The van der Waals surface area contributed by atoms with Crippen LogP contribution in [0.3, 0.4) is 0 Å². The molecule has 26 heavy (non-hydrogen) atoms. The van der Waals surface area contributed by atoms with Crippen molar-refractivity contribution in [2.24, 2.45) is 11.8 Å². The highest BCUT2D eigenvalue weighted by atomic mass is 19.4. The fourth-order valence-corrected chi connectivity index (χ4v) is 2.95. The van der Waals surface area contributed by atoms with Crippen LogP contribution in [0.5, 0.6) is 5.75 Å². The maximum atomic E-state index is 12.9. The van der Waals surface area contributed by atoms with Gasteiger partial charge in [0.1, 0.15) is 12.4 Å². The summed E-state index contributed by atoms with van der Waals surface area (Å²) < 4.78 is 43.7. The van der Waals surface area contributed by atoms with Crippen molar-refractivity contribution in [3.05, 3.63) is 29.8 Å². The van der Waals surface area contributed by atoms with Gasteiger partial charge < -0.3 is 20.1 Å². The number of hydrogen-bond acceptors (Lipinski definition) is 3. The van der Waals surface area contributed by atoms with Crippen molar-refractivity contribution in [2.75, 3.05) is 26.2 Å². The Labute approximate surface area is 148 Å². The minimum atomic E-state index is -4.52. The number of carbonyl (C=O) groups is 2. The fraction of sp³-hybridized carbons (Fsp3) is 0.529. The number of benzene rings is 1. The van der Waals surface area contributed by atoms with Gasteiger partial charge in [-0.15, -0.1) is 0 Å². The van der Waals surface area contributed by atoms with E-state index in [0.717, 1.165) is 6.07 Å². The summed E-state index contributed by atoms with van der Waals surface area (Å²) in [5.74, 6) is -1.79. The van der Waals surface area contributed by atoms with Gasteiger partial charge in [0.05, 0.1) is 18.0 Å². The van der Waals surface area contributed by atoms with E-state index in [2.05, 4.69) is 5.32 Å². The maximum Gasteiger partial charge on any atom is 0.419 e. The number of carboxylic acids is 1.